The molecule has 0 aliphatic carbocycles. The molecule has 4 nitrogen and oxygen atoms in total. The van der Waals surface area contributed by atoms with Crippen LogP contribution in [-0.4, -0.2) is 24.7 Å². The second-order valence-corrected chi connectivity index (χ2v) is 3.54. The Morgan fingerprint density at radius 3 is 2.75 bits per heavy atom. The Kier molecular flexibility index (Phi) is 4.76. The number of pyridine rings is 1. The molecule has 1 heterocycles. The lowest BCUT2D eigenvalue weighted by Crippen LogP contribution is -2.08. The third-order valence-corrected chi connectivity index (χ3v) is 2.32. The van der Waals surface area contributed by atoms with Crippen LogP contribution in [-0.2, 0) is 9.53 Å². The van der Waals surface area contributed by atoms with Crippen molar-refractivity contribution in [3.05, 3.63) is 23.9 Å². The molecule has 0 fully saturated rings. The molecule has 1 atom stereocenters. The van der Waals surface area contributed by atoms with E-state index in [1.807, 2.05) is 13.0 Å². The summed E-state index contributed by atoms with van der Waals surface area (Å²) in [5.74, 6) is 0.510. The molecule has 0 aliphatic heterocycles. The summed E-state index contributed by atoms with van der Waals surface area (Å²) in [4.78, 5) is 15.4. The maximum absolute atomic E-state index is 11.3. The minimum Gasteiger partial charge on any atom is -0.481 e. The summed E-state index contributed by atoms with van der Waals surface area (Å²) in [5.41, 5.74) is 1.01. The van der Waals surface area contributed by atoms with Gasteiger partial charge in [0.2, 0.25) is 5.88 Å². The molecular weight excluding hydrogens is 206 g/mol. The summed E-state index contributed by atoms with van der Waals surface area (Å²) >= 11 is 0. The fraction of sp³-hybridized carbons (Fsp3) is 0.500. The van der Waals surface area contributed by atoms with Gasteiger partial charge in [0.05, 0.1) is 20.1 Å². The monoisotopic (exact) mass is 223 g/mol. The number of carbonyl (C=O) groups excluding carboxylic acids is 1. The molecule has 0 aromatic carbocycles. The van der Waals surface area contributed by atoms with Crippen LogP contribution in [0.3, 0.4) is 0 Å². The molecule has 1 rings (SSSR count). The molecule has 0 saturated heterocycles. The number of hydrogen-bond donors (Lipinski definition) is 0. The summed E-state index contributed by atoms with van der Waals surface area (Å²) < 4.78 is 9.86. The zero-order valence-electron chi connectivity index (χ0n) is 9.90. The van der Waals surface area contributed by atoms with E-state index in [2.05, 4.69) is 4.98 Å². The Morgan fingerprint density at radius 2 is 2.25 bits per heavy atom. The number of nitrogens with zero attached hydrogens (tertiary/aromatic N) is 1. The van der Waals surface area contributed by atoms with Crippen LogP contribution in [0.4, 0.5) is 0 Å². The standard InChI is InChI=1S/C12H17NO3/c1-4-16-12(14)7-9(2)10-5-6-11(15-3)13-8-10/h5-6,8-9H,4,7H2,1-3H3. The van der Waals surface area contributed by atoms with Crippen LogP contribution in [0.2, 0.25) is 0 Å². The van der Waals surface area contributed by atoms with Crippen LogP contribution in [0.15, 0.2) is 18.3 Å². The quantitative estimate of drug-likeness (QED) is 0.717. The van der Waals surface area contributed by atoms with Crippen molar-refractivity contribution in [1.29, 1.82) is 0 Å². The molecule has 16 heavy (non-hydrogen) atoms. The Bertz CT molecular complexity index is 335. The predicted molar refractivity (Wildman–Crippen MR) is 60.5 cm³/mol. The highest BCUT2D eigenvalue weighted by molar-refractivity contribution is 5.70. The highest BCUT2D eigenvalue weighted by Gasteiger charge is 2.12. The van der Waals surface area contributed by atoms with Gasteiger partial charge in [0.1, 0.15) is 0 Å². The first-order valence-corrected chi connectivity index (χ1v) is 5.33. The van der Waals surface area contributed by atoms with Gasteiger partial charge in [-0.2, -0.15) is 0 Å². The largest absolute Gasteiger partial charge is 0.481 e. The van der Waals surface area contributed by atoms with Crippen LogP contribution in [0.5, 0.6) is 5.88 Å². The fourth-order valence-corrected chi connectivity index (χ4v) is 1.39. The van der Waals surface area contributed by atoms with Crippen molar-refractivity contribution in [2.75, 3.05) is 13.7 Å². The molecule has 1 aromatic heterocycles. The van der Waals surface area contributed by atoms with Gasteiger partial charge in [0, 0.05) is 12.3 Å². The van der Waals surface area contributed by atoms with E-state index in [0.717, 1.165) is 5.56 Å². The molecule has 4 heteroatoms. The first-order valence-electron chi connectivity index (χ1n) is 5.33. The van der Waals surface area contributed by atoms with Crippen molar-refractivity contribution >= 4 is 5.97 Å². The van der Waals surface area contributed by atoms with E-state index < -0.39 is 0 Å². The fourth-order valence-electron chi connectivity index (χ4n) is 1.39. The molecule has 0 bridgehead atoms. The van der Waals surface area contributed by atoms with Crippen molar-refractivity contribution in [3.8, 4) is 5.88 Å². The average molecular weight is 223 g/mol. The van der Waals surface area contributed by atoms with Gasteiger partial charge in [0.15, 0.2) is 0 Å². The van der Waals surface area contributed by atoms with Gasteiger partial charge in [-0.3, -0.25) is 4.79 Å². The first-order chi connectivity index (χ1) is 7.67. The lowest BCUT2D eigenvalue weighted by atomic mass is 10.00. The van der Waals surface area contributed by atoms with E-state index in [-0.39, 0.29) is 11.9 Å². The molecule has 0 amide bonds. The van der Waals surface area contributed by atoms with Gasteiger partial charge in [-0.25, -0.2) is 4.98 Å². The molecular formula is C12H17NO3. The molecule has 0 N–H and O–H groups in total. The lowest BCUT2D eigenvalue weighted by molar-refractivity contribution is -0.143. The first kappa shape index (κ1) is 12.5. The zero-order chi connectivity index (χ0) is 12.0. The van der Waals surface area contributed by atoms with Gasteiger partial charge in [0.25, 0.3) is 0 Å². The number of hydrogen-bond acceptors (Lipinski definition) is 4. The van der Waals surface area contributed by atoms with Crippen LogP contribution >= 0.6 is 0 Å². The molecule has 0 aliphatic rings. The molecule has 0 saturated carbocycles. The van der Waals surface area contributed by atoms with Gasteiger partial charge in [-0.1, -0.05) is 13.0 Å². The van der Waals surface area contributed by atoms with E-state index in [1.165, 1.54) is 0 Å². The average Bonchev–Trinajstić information content (AvgIpc) is 2.29. The van der Waals surface area contributed by atoms with E-state index in [4.69, 9.17) is 9.47 Å². The minimum atomic E-state index is -0.175. The molecule has 1 unspecified atom stereocenters. The van der Waals surface area contributed by atoms with Crippen LogP contribution in [0.25, 0.3) is 0 Å². The molecule has 88 valence electrons. The third-order valence-electron chi connectivity index (χ3n) is 2.32. The summed E-state index contributed by atoms with van der Waals surface area (Å²) in [5, 5.41) is 0. The number of ether oxygens (including phenoxy) is 2. The van der Waals surface area contributed by atoms with Crippen LogP contribution in [0, 0.1) is 0 Å². The van der Waals surface area contributed by atoms with Crippen molar-refractivity contribution in [2.45, 2.75) is 26.2 Å². The molecule has 1 aromatic rings. The van der Waals surface area contributed by atoms with Crippen molar-refractivity contribution in [1.82, 2.24) is 4.98 Å². The number of esters is 1. The topological polar surface area (TPSA) is 48.4 Å². The van der Waals surface area contributed by atoms with Crippen molar-refractivity contribution < 1.29 is 14.3 Å². The van der Waals surface area contributed by atoms with Gasteiger partial charge in [-0.05, 0) is 18.4 Å². The smallest absolute Gasteiger partial charge is 0.306 e. The summed E-state index contributed by atoms with van der Waals surface area (Å²) in [6.07, 6.45) is 2.10. The highest BCUT2D eigenvalue weighted by atomic mass is 16.5. The Morgan fingerprint density at radius 1 is 1.50 bits per heavy atom. The zero-order valence-corrected chi connectivity index (χ0v) is 9.90. The third kappa shape index (κ3) is 3.53. The van der Waals surface area contributed by atoms with Gasteiger partial charge in [-0.15, -0.1) is 0 Å². The Hall–Kier alpha value is -1.58. The second kappa shape index (κ2) is 6.10. The van der Waals surface area contributed by atoms with Crippen molar-refractivity contribution in [2.24, 2.45) is 0 Å². The van der Waals surface area contributed by atoms with E-state index in [9.17, 15) is 4.79 Å². The maximum atomic E-state index is 11.3. The summed E-state index contributed by atoms with van der Waals surface area (Å²) in [6, 6.07) is 3.70. The van der Waals surface area contributed by atoms with E-state index in [0.29, 0.717) is 18.9 Å². The Labute approximate surface area is 95.6 Å². The predicted octanol–water partition coefficient (Wildman–Crippen LogP) is 2.15. The Balaban J connectivity index is 2.58. The summed E-state index contributed by atoms with van der Waals surface area (Å²) in [7, 11) is 1.57. The summed E-state index contributed by atoms with van der Waals surface area (Å²) in [6.45, 7) is 4.20. The normalized spacial score (nSPS) is 11.9. The van der Waals surface area contributed by atoms with Crippen LogP contribution < -0.4 is 4.74 Å². The number of carbonyl (C=O) groups is 1. The number of methoxy groups -OCH3 is 1. The van der Waals surface area contributed by atoms with Crippen LogP contribution in [0.1, 0.15) is 31.7 Å². The lowest BCUT2D eigenvalue weighted by Gasteiger charge is -2.10. The van der Waals surface area contributed by atoms with Gasteiger partial charge < -0.3 is 9.47 Å². The van der Waals surface area contributed by atoms with Crippen molar-refractivity contribution in [3.63, 3.8) is 0 Å². The van der Waals surface area contributed by atoms with E-state index >= 15 is 0 Å². The highest BCUT2D eigenvalue weighted by Crippen LogP contribution is 2.20. The molecule has 0 spiro atoms. The SMILES string of the molecule is CCOC(=O)CC(C)c1ccc(OC)nc1. The second-order valence-electron chi connectivity index (χ2n) is 3.54. The van der Waals surface area contributed by atoms with E-state index in [1.54, 1.807) is 26.3 Å². The van der Waals surface area contributed by atoms with Gasteiger partial charge >= 0.3 is 5.97 Å². The number of rotatable bonds is 5. The number of aromatic nitrogens is 1. The maximum Gasteiger partial charge on any atom is 0.306 e. The minimum absolute atomic E-state index is 0.109. The molecule has 0 radical (unpaired) electrons.